The quantitative estimate of drug-likeness (QED) is 0.634. The lowest BCUT2D eigenvalue weighted by Gasteiger charge is -2.10. The number of aryl methyl sites for hydroxylation is 3. The summed E-state index contributed by atoms with van der Waals surface area (Å²) in [6.07, 6.45) is 1.71. The molecule has 0 unspecified atom stereocenters. The predicted molar refractivity (Wildman–Crippen MR) is 78.2 cm³/mol. The van der Waals surface area contributed by atoms with Crippen LogP contribution in [-0.2, 0) is 14.1 Å². The van der Waals surface area contributed by atoms with Crippen molar-refractivity contribution in [2.75, 3.05) is 0 Å². The second-order valence-corrected chi connectivity index (χ2v) is 5.16. The number of carbonyl (C=O) groups excluding carboxylic acids is 1. The van der Waals surface area contributed by atoms with Crippen molar-refractivity contribution >= 4 is 27.6 Å². The van der Waals surface area contributed by atoms with Gasteiger partial charge in [0.15, 0.2) is 5.78 Å². The molecular formula is C15H15N3O2. The van der Waals surface area contributed by atoms with Crippen LogP contribution in [0.5, 0.6) is 0 Å². The summed E-state index contributed by atoms with van der Waals surface area (Å²) in [5.41, 5.74) is 2.09. The molecule has 0 atom stereocenters. The SMILES string of the molecule is CC(=O)c1cc(C)cc2c(=O)n(C)c3c(cnn3C)c12. The van der Waals surface area contributed by atoms with Gasteiger partial charge in [0.05, 0.1) is 6.20 Å². The zero-order valence-corrected chi connectivity index (χ0v) is 11.9. The van der Waals surface area contributed by atoms with E-state index in [0.717, 1.165) is 10.9 Å². The van der Waals surface area contributed by atoms with Crippen molar-refractivity contribution in [1.29, 1.82) is 0 Å². The molecule has 0 spiro atoms. The summed E-state index contributed by atoms with van der Waals surface area (Å²) in [5.74, 6) is -0.0443. The molecule has 3 rings (SSSR count). The summed E-state index contributed by atoms with van der Waals surface area (Å²) in [4.78, 5) is 24.5. The smallest absolute Gasteiger partial charge is 0.259 e. The monoisotopic (exact) mass is 269 g/mol. The number of benzene rings is 1. The molecule has 0 aliphatic carbocycles. The fourth-order valence-corrected chi connectivity index (χ4v) is 2.80. The molecule has 5 nitrogen and oxygen atoms in total. The number of Topliss-reactive ketones (excluding diaryl/α,β-unsaturated/α-hetero) is 1. The number of aromatic nitrogens is 3. The first kappa shape index (κ1) is 12.6. The molecule has 0 radical (unpaired) electrons. The third-order valence-electron chi connectivity index (χ3n) is 3.69. The molecule has 0 saturated carbocycles. The number of ketones is 1. The molecule has 0 aliphatic heterocycles. The highest BCUT2D eigenvalue weighted by atomic mass is 16.1. The molecule has 0 amide bonds. The standard InChI is InChI=1S/C15H15N3O2/c1-8-5-10(9(2)19)13-11(6-8)15(20)17(3)14-12(13)7-16-18(14)4/h5-7H,1-4H3. The number of hydrogen-bond donors (Lipinski definition) is 0. The minimum absolute atomic E-state index is 0.0443. The highest BCUT2D eigenvalue weighted by Crippen LogP contribution is 2.27. The lowest BCUT2D eigenvalue weighted by molar-refractivity contribution is 0.101. The van der Waals surface area contributed by atoms with Crippen LogP contribution in [-0.4, -0.2) is 20.1 Å². The number of nitrogens with zero attached hydrogens (tertiary/aromatic N) is 3. The van der Waals surface area contributed by atoms with E-state index in [1.807, 2.05) is 19.1 Å². The maximum absolute atomic E-state index is 12.5. The van der Waals surface area contributed by atoms with E-state index in [9.17, 15) is 9.59 Å². The molecule has 1 aromatic carbocycles. The average molecular weight is 269 g/mol. The van der Waals surface area contributed by atoms with Crippen LogP contribution < -0.4 is 5.56 Å². The van der Waals surface area contributed by atoms with Crippen LogP contribution in [0.25, 0.3) is 21.8 Å². The van der Waals surface area contributed by atoms with Crippen molar-refractivity contribution in [2.24, 2.45) is 14.1 Å². The highest BCUT2D eigenvalue weighted by Gasteiger charge is 2.17. The third kappa shape index (κ3) is 1.52. The summed E-state index contributed by atoms with van der Waals surface area (Å²) in [6.45, 7) is 3.41. The average Bonchev–Trinajstić information content (AvgIpc) is 2.77. The Morgan fingerprint density at radius 2 is 1.90 bits per heavy atom. The van der Waals surface area contributed by atoms with Gasteiger partial charge in [-0.05, 0) is 31.5 Å². The Bertz CT molecular complexity index is 932. The Morgan fingerprint density at radius 1 is 1.20 bits per heavy atom. The zero-order chi connectivity index (χ0) is 14.6. The van der Waals surface area contributed by atoms with Crippen LogP contribution in [0, 0.1) is 6.92 Å². The number of carbonyl (C=O) groups is 1. The van der Waals surface area contributed by atoms with Gasteiger partial charge in [0.25, 0.3) is 5.56 Å². The summed E-state index contributed by atoms with van der Waals surface area (Å²) in [5, 5.41) is 6.32. The van der Waals surface area contributed by atoms with Crippen molar-refractivity contribution in [3.8, 4) is 0 Å². The molecule has 20 heavy (non-hydrogen) atoms. The molecular weight excluding hydrogens is 254 g/mol. The fraction of sp³-hybridized carbons (Fsp3) is 0.267. The lowest BCUT2D eigenvalue weighted by Crippen LogP contribution is -2.19. The first-order valence-electron chi connectivity index (χ1n) is 6.38. The van der Waals surface area contributed by atoms with Gasteiger partial charge in [0.2, 0.25) is 0 Å². The summed E-state index contributed by atoms with van der Waals surface area (Å²) in [7, 11) is 3.51. The molecule has 2 aromatic heterocycles. The molecule has 0 bridgehead atoms. The zero-order valence-electron chi connectivity index (χ0n) is 11.9. The first-order valence-corrected chi connectivity index (χ1v) is 6.38. The van der Waals surface area contributed by atoms with Gasteiger partial charge in [0.1, 0.15) is 5.65 Å². The maximum Gasteiger partial charge on any atom is 0.259 e. The van der Waals surface area contributed by atoms with Gasteiger partial charge in [-0.15, -0.1) is 0 Å². The summed E-state index contributed by atoms with van der Waals surface area (Å²) < 4.78 is 3.23. The van der Waals surface area contributed by atoms with Gasteiger partial charge in [-0.1, -0.05) is 0 Å². The molecule has 2 heterocycles. The Labute approximate surface area is 115 Å². The second kappa shape index (κ2) is 4.03. The molecule has 3 aromatic rings. The predicted octanol–water partition coefficient (Wildman–Crippen LogP) is 1.94. The van der Waals surface area contributed by atoms with Crippen molar-refractivity contribution in [1.82, 2.24) is 14.3 Å². The minimum atomic E-state index is -0.109. The molecule has 102 valence electrons. The Hall–Kier alpha value is -2.43. The maximum atomic E-state index is 12.5. The Balaban J connectivity index is 2.74. The van der Waals surface area contributed by atoms with Gasteiger partial charge in [-0.25, -0.2) is 0 Å². The summed E-state index contributed by atoms with van der Waals surface area (Å²) >= 11 is 0. The molecule has 0 N–H and O–H groups in total. The number of fused-ring (bicyclic) bond motifs is 3. The van der Waals surface area contributed by atoms with Gasteiger partial charge in [-0.2, -0.15) is 5.10 Å². The normalized spacial score (nSPS) is 11.4. The van der Waals surface area contributed by atoms with Gasteiger partial charge >= 0.3 is 0 Å². The minimum Gasteiger partial charge on any atom is -0.296 e. The topological polar surface area (TPSA) is 56.9 Å². The third-order valence-corrected chi connectivity index (χ3v) is 3.69. The summed E-state index contributed by atoms with van der Waals surface area (Å²) in [6, 6.07) is 3.66. The van der Waals surface area contributed by atoms with Crippen LogP contribution in [0.1, 0.15) is 22.8 Å². The van der Waals surface area contributed by atoms with E-state index >= 15 is 0 Å². The number of hydrogen-bond acceptors (Lipinski definition) is 3. The van der Waals surface area contributed by atoms with Gasteiger partial charge in [-0.3, -0.25) is 18.8 Å². The van der Waals surface area contributed by atoms with E-state index < -0.39 is 0 Å². The van der Waals surface area contributed by atoms with Crippen molar-refractivity contribution < 1.29 is 4.79 Å². The first-order chi connectivity index (χ1) is 9.41. The van der Waals surface area contributed by atoms with Crippen LogP contribution >= 0.6 is 0 Å². The lowest BCUT2D eigenvalue weighted by atomic mass is 9.98. The molecule has 0 fully saturated rings. The van der Waals surface area contributed by atoms with Gasteiger partial charge in [0, 0.05) is 35.8 Å². The number of pyridine rings is 1. The van der Waals surface area contributed by atoms with E-state index in [4.69, 9.17) is 0 Å². The van der Waals surface area contributed by atoms with E-state index in [0.29, 0.717) is 22.0 Å². The van der Waals surface area contributed by atoms with Crippen LogP contribution in [0.2, 0.25) is 0 Å². The van der Waals surface area contributed by atoms with E-state index in [2.05, 4.69) is 5.10 Å². The van der Waals surface area contributed by atoms with Crippen molar-refractivity contribution in [3.05, 3.63) is 39.8 Å². The van der Waals surface area contributed by atoms with Crippen molar-refractivity contribution in [3.63, 3.8) is 0 Å². The Kier molecular flexibility index (Phi) is 2.54. The number of rotatable bonds is 1. The second-order valence-electron chi connectivity index (χ2n) is 5.16. The molecule has 0 aliphatic rings. The fourth-order valence-electron chi connectivity index (χ4n) is 2.80. The molecule has 0 saturated heterocycles. The van der Waals surface area contributed by atoms with Crippen LogP contribution in [0.15, 0.2) is 23.1 Å². The van der Waals surface area contributed by atoms with Crippen LogP contribution in [0.4, 0.5) is 0 Å². The van der Waals surface area contributed by atoms with E-state index in [-0.39, 0.29) is 11.3 Å². The highest BCUT2D eigenvalue weighted by molar-refractivity contribution is 6.16. The molecule has 5 heteroatoms. The van der Waals surface area contributed by atoms with Crippen molar-refractivity contribution in [2.45, 2.75) is 13.8 Å². The largest absolute Gasteiger partial charge is 0.296 e. The Morgan fingerprint density at radius 3 is 2.55 bits per heavy atom. The van der Waals surface area contributed by atoms with Gasteiger partial charge < -0.3 is 0 Å². The van der Waals surface area contributed by atoms with E-state index in [1.54, 1.807) is 29.5 Å². The van der Waals surface area contributed by atoms with E-state index in [1.165, 1.54) is 6.92 Å². The van der Waals surface area contributed by atoms with Crippen LogP contribution in [0.3, 0.4) is 0 Å².